The minimum Gasteiger partial charge on any atom is -0.493 e. The average molecular weight is 267 g/mol. The van der Waals surface area contributed by atoms with Crippen molar-refractivity contribution in [3.63, 3.8) is 0 Å². The third-order valence-corrected chi connectivity index (χ3v) is 2.84. The molecule has 20 heavy (non-hydrogen) atoms. The molecule has 0 aliphatic rings. The average Bonchev–Trinajstić information content (AvgIpc) is 2.52. The quantitative estimate of drug-likeness (QED) is 0.781. The molecule has 100 valence electrons. The maximum Gasteiger partial charge on any atom is 0.162 e. The fraction of sp³-hybridized carbons (Fsp3) is 0.125. The zero-order chi connectivity index (χ0) is 14.4. The Morgan fingerprint density at radius 2 is 2.00 bits per heavy atom. The molecule has 0 spiro atoms. The van der Waals surface area contributed by atoms with Gasteiger partial charge in [0.25, 0.3) is 0 Å². The highest BCUT2D eigenvalue weighted by Gasteiger charge is 2.07. The lowest BCUT2D eigenvalue weighted by Gasteiger charge is -2.11. The number of rotatable bonds is 5. The van der Waals surface area contributed by atoms with E-state index >= 15 is 0 Å². The van der Waals surface area contributed by atoms with Crippen LogP contribution in [0.3, 0.4) is 0 Å². The molecule has 2 rings (SSSR count). The number of benzene rings is 2. The van der Waals surface area contributed by atoms with E-state index in [9.17, 15) is 4.79 Å². The van der Waals surface area contributed by atoms with Crippen molar-refractivity contribution in [1.82, 2.24) is 0 Å². The van der Waals surface area contributed by atoms with E-state index in [0.717, 1.165) is 11.8 Å². The van der Waals surface area contributed by atoms with Crippen molar-refractivity contribution >= 4 is 6.29 Å². The van der Waals surface area contributed by atoms with Gasteiger partial charge in [-0.15, -0.1) is 0 Å². The summed E-state index contributed by atoms with van der Waals surface area (Å²) in [5.41, 5.74) is 1.86. The van der Waals surface area contributed by atoms with Crippen LogP contribution in [0.1, 0.15) is 21.5 Å². The Morgan fingerprint density at radius 1 is 1.20 bits per heavy atom. The van der Waals surface area contributed by atoms with Gasteiger partial charge in [0, 0.05) is 11.1 Å². The fourth-order valence-corrected chi connectivity index (χ4v) is 1.79. The van der Waals surface area contributed by atoms with Gasteiger partial charge < -0.3 is 9.47 Å². The first-order valence-electron chi connectivity index (χ1n) is 6.02. The van der Waals surface area contributed by atoms with Crippen molar-refractivity contribution in [1.29, 1.82) is 5.26 Å². The largest absolute Gasteiger partial charge is 0.493 e. The molecule has 2 aromatic rings. The van der Waals surface area contributed by atoms with Crippen LogP contribution in [0.5, 0.6) is 11.5 Å². The second-order valence-corrected chi connectivity index (χ2v) is 4.09. The van der Waals surface area contributed by atoms with Crippen LogP contribution in [0, 0.1) is 11.3 Å². The van der Waals surface area contributed by atoms with E-state index in [0.29, 0.717) is 22.6 Å². The normalized spacial score (nSPS) is 9.60. The molecule has 0 radical (unpaired) electrons. The first-order valence-corrected chi connectivity index (χ1v) is 6.02. The predicted octanol–water partition coefficient (Wildman–Crippen LogP) is 2.96. The summed E-state index contributed by atoms with van der Waals surface area (Å²) in [4.78, 5) is 10.8. The highest BCUT2D eigenvalue weighted by Crippen LogP contribution is 2.28. The molecular weight excluding hydrogens is 254 g/mol. The lowest BCUT2D eigenvalue weighted by atomic mass is 10.1. The van der Waals surface area contributed by atoms with Crippen molar-refractivity contribution < 1.29 is 14.3 Å². The molecule has 4 nitrogen and oxygen atoms in total. The van der Waals surface area contributed by atoms with E-state index < -0.39 is 0 Å². The zero-order valence-corrected chi connectivity index (χ0v) is 11.0. The van der Waals surface area contributed by atoms with Gasteiger partial charge in [0.15, 0.2) is 11.5 Å². The van der Waals surface area contributed by atoms with E-state index in [1.165, 1.54) is 7.11 Å². The van der Waals surface area contributed by atoms with Crippen molar-refractivity contribution in [2.24, 2.45) is 0 Å². The molecule has 0 N–H and O–H groups in total. The third-order valence-electron chi connectivity index (χ3n) is 2.84. The van der Waals surface area contributed by atoms with Crippen molar-refractivity contribution in [3.05, 3.63) is 59.2 Å². The number of hydrogen-bond donors (Lipinski definition) is 0. The molecule has 0 aliphatic carbocycles. The van der Waals surface area contributed by atoms with E-state index in [2.05, 4.69) is 6.07 Å². The van der Waals surface area contributed by atoms with E-state index in [-0.39, 0.29) is 6.61 Å². The summed E-state index contributed by atoms with van der Waals surface area (Å²) < 4.78 is 10.8. The van der Waals surface area contributed by atoms with Crippen LogP contribution >= 0.6 is 0 Å². The number of carbonyl (C=O) groups excluding carboxylic acids is 1. The van der Waals surface area contributed by atoms with E-state index in [1.54, 1.807) is 30.3 Å². The number of ether oxygens (including phenoxy) is 2. The van der Waals surface area contributed by atoms with Crippen LogP contribution in [0.4, 0.5) is 0 Å². The molecule has 0 heterocycles. The van der Waals surface area contributed by atoms with Crippen LogP contribution in [0.25, 0.3) is 0 Å². The van der Waals surface area contributed by atoms with Gasteiger partial charge in [-0.1, -0.05) is 18.2 Å². The maximum absolute atomic E-state index is 10.8. The van der Waals surface area contributed by atoms with Crippen LogP contribution in [0.2, 0.25) is 0 Å². The Balaban J connectivity index is 2.22. The summed E-state index contributed by atoms with van der Waals surface area (Å²) in [5.74, 6) is 1.02. The highest BCUT2D eigenvalue weighted by atomic mass is 16.5. The lowest BCUT2D eigenvalue weighted by molar-refractivity contribution is 0.112. The molecule has 0 unspecified atom stereocenters. The van der Waals surface area contributed by atoms with Crippen LogP contribution in [-0.2, 0) is 6.61 Å². The standard InChI is InChI=1S/C16H13NO3/c1-19-15-7-6-12(10-18)8-16(15)20-11-14-5-3-2-4-13(14)9-17/h2-8,10H,11H2,1H3. The molecule has 0 aliphatic heterocycles. The summed E-state index contributed by atoms with van der Waals surface area (Å²) in [6.07, 6.45) is 0.746. The van der Waals surface area contributed by atoms with E-state index in [4.69, 9.17) is 14.7 Å². The van der Waals surface area contributed by atoms with Gasteiger partial charge in [0.05, 0.1) is 18.7 Å². The van der Waals surface area contributed by atoms with Crippen LogP contribution in [0.15, 0.2) is 42.5 Å². The molecule has 0 saturated carbocycles. The Labute approximate surface area is 117 Å². The third kappa shape index (κ3) is 2.96. The smallest absolute Gasteiger partial charge is 0.162 e. The maximum atomic E-state index is 10.8. The van der Waals surface area contributed by atoms with E-state index in [1.807, 2.05) is 12.1 Å². The summed E-state index contributed by atoms with van der Waals surface area (Å²) in [6, 6.07) is 14.3. The number of carbonyl (C=O) groups is 1. The van der Waals surface area contributed by atoms with Gasteiger partial charge in [-0.3, -0.25) is 4.79 Å². The second kappa shape index (κ2) is 6.39. The van der Waals surface area contributed by atoms with Gasteiger partial charge in [-0.05, 0) is 24.3 Å². The van der Waals surface area contributed by atoms with Gasteiger partial charge in [-0.25, -0.2) is 0 Å². The molecule has 0 atom stereocenters. The molecule has 0 fully saturated rings. The molecular formula is C16H13NO3. The topological polar surface area (TPSA) is 59.3 Å². The Kier molecular flexibility index (Phi) is 4.35. The first-order chi connectivity index (χ1) is 9.78. The minimum absolute atomic E-state index is 0.238. The summed E-state index contributed by atoms with van der Waals surface area (Å²) >= 11 is 0. The van der Waals surface area contributed by atoms with Crippen LogP contribution in [-0.4, -0.2) is 13.4 Å². The Hall–Kier alpha value is -2.80. The van der Waals surface area contributed by atoms with Crippen molar-refractivity contribution in [3.8, 4) is 17.6 Å². The number of hydrogen-bond acceptors (Lipinski definition) is 4. The molecule has 0 saturated heterocycles. The lowest BCUT2D eigenvalue weighted by Crippen LogP contribution is -2.00. The predicted molar refractivity (Wildman–Crippen MR) is 73.9 cm³/mol. The highest BCUT2D eigenvalue weighted by molar-refractivity contribution is 5.76. The number of nitrogens with zero attached hydrogens (tertiary/aromatic N) is 1. The number of methoxy groups -OCH3 is 1. The first kappa shape index (κ1) is 13.6. The van der Waals surface area contributed by atoms with Crippen LogP contribution < -0.4 is 9.47 Å². The molecule has 0 aromatic heterocycles. The molecule has 0 amide bonds. The monoisotopic (exact) mass is 267 g/mol. The van der Waals surface area contributed by atoms with Crippen molar-refractivity contribution in [2.75, 3.05) is 7.11 Å². The van der Waals surface area contributed by atoms with Crippen molar-refractivity contribution in [2.45, 2.75) is 6.61 Å². The molecule has 0 bridgehead atoms. The number of nitriles is 1. The molecule has 4 heteroatoms. The van der Waals surface area contributed by atoms with Gasteiger partial charge in [0.1, 0.15) is 12.9 Å². The fourth-order valence-electron chi connectivity index (χ4n) is 1.79. The van der Waals surface area contributed by atoms with Gasteiger partial charge in [0.2, 0.25) is 0 Å². The summed E-state index contributed by atoms with van der Waals surface area (Å²) in [7, 11) is 1.53. The number of aldehydes is 1. The SMILES string of the molecule is COc1ccc(C=O)cc1OCc1ccccc1C#N. The Bertz CT molecular complexity index is 659. The zero-order valence-electron chi connectivity index (χ0n) is 11.0. The second-order valence-electron chi connectivity index (χ2n) is 4.09. The minimum atomic E-state index is 0.238. The Morgan fingerprint density at radius 3 is 2.70 bits per heavy atom. The summed E-state index contributed by atoms with van der Waals surface area (Å²) in [6.45, 7) is 0.238. The molecule has 2 aromatic carbocycles. The summed E-state index contributed by atoms with van der Waals surface area (Å²) in [5, 5.41) is 9.02. The van der Waals surface area contributed by atoms with Gasteiger partial charge in [-0.2, -0.15) is 5.26 Å². The van der Waals surface area contributed by atoms with Gasteiger partial charge >= 0.3 is 0 Å².